The van der Waals surface area contributed by atoms with Gasteiger partial charge in [-0.3, -0.25) is 0 Å². The lowest BCUT2D eigenvalue weighted by Gasteiger charge is -2.15. The highest BCUT2D eigenvalue weighted by molar-refractivity contribution is 5.33. The zero-order valence-corrected chi connectivity index (χ0v) is 10.2. The van der Waals surface area contributed by atoms with E-state index >= 15 is 0 Å². The second-order valence-electron chi connectivity index (χ2n) is 4.33. The molecule has 1 rings (SSSR count). The van der Waals surface area contributed by atoms with E-state index in [4.69, 9.17) is 4.74 Å². The van der Waals surface area contributed by atoms with Gasteiger partial charge in [-0.25, -0.2) is 0 Å². The minimum absolute atomic E-state index is 0.241. The van der Waals surface area contributed by atoms with E-state index in [2.05, 4.69) is 45.0 Å². The van der Waals surface area contributed by atoms with Crippen LogP contribution >= 0.6 is 0 Å². The monoisotopic (exact) mass is 207 g/mol. The average molecular weight is 207 g/mol. The van der Waals surface area contributed by atoms with E-state index in [-0.39, 0.29) is 6.10 Å². The van der Waals surface area contributed by atoms with Crippen LogP contribution in [0.5, 0.6) is 5.75 Å². The van der Waals surface area contributed by atoms with Gasteiger partial charge in [-0.2, -0.15) is 0 Å². The van der Waals surface area contributed by atoms with E-state index in [0.29, 0.717) is 0 Å². The number of likely N-dealkylation sites (N-methyl/N-ethyl adjacent to an activating group) is 1. The van der Waals surface area contributed by atoms with Crippen LogP contribution in [0.15, 0.2) is 24.3 Å². The van der Waals surface area contributed by atoms with Crippen molar-refractivity contribution < 1.29 is 4.74 Å². The van der Waals surface area contributed by atoms with Crippen LogP contribution in [0, 0.1) is 0 Å². The summed E-state index contributed by atoms with van der Waals surface area (Å²) in [4.78, 5) is 2.19. The molecule has 0 saturated heterocycles. The summed E-state index contributed by atoms with van der Waals surface area (Å²) >= 11 is 0. The van der Waals surface area contributed by atoms with E-state index in [1.807, 2.05) is 12.1 Å². The van der Waals surface area contributed by atoms with Gasteiger partial charge in [-0.05, 0) is 46.0 Å². The first kappa shape index (κ1) is 12.1. The predicted molar refractivity (Wildman–Crippen MR) is 64.5 cm³/mol. The van der Waals surface area contributed by atoms with Crippen molar-refractivity contribution in [3.05, 3.63) is 29.8 Å². The highest BCUT2D eigenvalue weighted by Crippen LogP contribution is 2.19. The van der Waals surface area contributed by atoms with E-state index in [1.54, 1.807) is 0 Å². The molecular weight excluding hydrogens is 186 g/mol. The molecule has 0 aromatic heterocycles. The van der Waals surface area contributed by atoms with Gasteiger partial charge in [0.15, 0.2) is 0 Å². The summed E-state index contributed by atoms with van der Waals surface area (Å²) in [7, 11) is 4.18. The minimum atomic E-state index is 0.241. The van der Waals surface area contributed by atoms with Crippen LogP contribution in [0.3, 0.4) is 0 Å². The Kier molecular flexibility index (Phi) is 4.63. The normalized spacial score (nSPS) is 11.1. The molecule has 0 amide bonds. The van der Waals surface area contributed by atoms with Gasteiger partial charge in [0.05, 0.1) is 6.10 Å². The Morgan fingerprint density at radius 1 is 1.20 bits per heavy atom. The molecule has 0 saturated carbocycles. The first-order chi connectivity index (χ1) is 7.09. The molecule has 0 aliphatic carbocycles. The molecule has 0 spiro atoms. The summed E-state index contributed by atoms with van der Waals surface area (Å²) in [5, 5.41) is 0. The molecule has 0 heterocycles. The lowest BCUT2D eigenvalue weighted by atomic mass is 10.1. The van der Waals surface area contributed by atoms with Crippen LogP contribution in [0.4, 0.5) is 0 Å². The second kappa shape index (κ2) is 5.76. The first-order valence-electron chi connectivity index (χ1n) is 5.49. The van der Waals surface area contributed by atoms with Crippen molar-refractivity contribution in [2.24, 2.45) is 0 Å². The Labute approximate surface area is 92.9 Å². The molecule has 0 aliphatic rings. The topological polar surface area (TPSA) is 12.5 Å². The Hall–Kier alpha value is -1.02. The molecule has 0 atom stereocenters. The Morgan fingerprint density at radius 3 is 2.47 bits per heavy atom. The lowest BCUT2D eigenvalue weighted by molar-refractivity contribution is 0.239. The Bertz CT molecular complexity index is 294. The largest absolute Gasteiger partial charge is 0.491 e. The fourth-order valence-corrected chi connectivity index (χ4v) is 1.42. The molecule has 84 valence electrons. The summed E-state index contributed by atoms with van der Waals surface area (Å²) in [5.41, 5.74) is 1.29. The third-order valence-corrected chi connectivity index (χ3v) is 2.16. The summed E-state index contributed by atoms with van der Waals surface area (Å²) in [6, 6.07) is 8.28. The summed E-state index contributed by atoms with van der Waals surface area (Å²) in [5.74, 6) is 1.02. The fraction of sp³-hybridized carbons (Fsp3) is 0.538. The van der Waals surface area contributed by atoms with Crippen LogP contribution in [-0.2, 0) is 6.42 Å². The molecule has 15 heavy (non-hydrogen) atoms. The molecule has 0 N–H and O–H groups in total. The maximum atomic E-state index is 5.76. The summed E-state index contributed by atoms with van der Waals surface area (Å²) < 4.78 is 5.76. The molecule has 2 nitrogen and oxygen atoms in total. The quantitative estimate of drug-likeness (QED) is 0.736. The highest BCUT2D eigenvalue weighted by atomic mass is 16.5. The van der Waals surface area contributed by atoms with Gasteiger partial charge in [0.25, 0.3) is 0 Å². The van der Waals surface area contributed by atoms with E-state index in [0.717, 1.165) is 18.7 Å². The molecular formula is C13H21NO. The van der Waals surface area contributed by atoms with E-state index < -0.39 is 0 Å². The molecule has 0 aliphatic heterocycles. The van der Waals surface area contributed by atoms with Crippen molar-refractivity contribution in [2.45, 2.75) is 26.4 Å². The van der Waals surface area contributed by atoms with Gasteiger partial charge in [-0.15, -0.1) is 0 Å². The van der Waals surface area contributed by atoms with Crippen LogP contribution in [0.25, 0.3) is 0 Å². The van der Waals surface area contributed by atoms with E-state index in [9.17, 15) is 0 Å². The molecule has 1 aromatic rings. The molecule has 2 heteroatoms. The SMILES string of the molecule is CC(C)Oc1ccccc1CCN(C)C. The van der Waals surface area contributed by atoms with Gasteiger partial charge < -0.3 is 9.64 Å². The third kappa shape index (κ3) is 4.34. The smallest absolute Gasteiger partial charge is 0.122 e. The first-order valence-corrected chi connectivity index (χ1v) is 5.49. The van der Waals surface area contributed by atoms with Crippen molar-refractivity contribution >= 4 is 0 Å². The van der Waals surface area contributed by atoms with Crippen LogP contribution < -0.4 is 4.74 Å². The van der Waals surface area contributed by atoms with Gasteiger partial charge >= 0.3 is 0 Å². The van der Waals surface area contributed by atoms with Crippen molar-refractivity contribution in [3.8, 4) is 5.75 Å². The number of benzene rings is 1. The molecule has 0 radical (unpaired) electrons. The second-order valence-corrected chi connectivity index (χ2v) is 4.33. The van der Waals surface area contributed by atoms with Crippen molar-refractivity contribution in [1.82, 2.24) is 4.90 Å². The van der Waals surface area contributed by atoms with E-state index in [1.165, 1.54) is 5.56 Å². The lowest BCUT2D eigenvalue weighted by Crippen LogP contribution is -2.16. The molecule has 0 fully saturated rings. The summed E-state index contributed by atoms with van der Waals surface area (Å²) in [6.45, 7) is 5.17. The zero-order chi connectivity index (χ0) is 11.3. The number of para-hydroxylation sites is 1. The van der Waals surface area contributed by atoms with Crippen LogP contribution in [0.1, 0.15) is 19.4 Å². The number of hydrogen-bond acceptors (Lipinski definition) is 2. The standard InChI is InChI=1S/C13H21NO/c1-11(2)15-13-8-6-5-7-12(13)9-10-14(3)4/h5-8,11H,9-10H2,1-4H3. The third-order valence-electron chi connectivity index (χ3n) is 2.16. The minimum Gasteiger partial charge on any atom is -0.491 e. The number of hydrogen-bond donors (Lipinski definition) is 0. The van der Waals surface area contributed by atoms with Crippen molar-refractivity contribution in [1.29, 1.82) is 0 Å². The maximum absolute atomic E-state index is 5.76. The molecule has 1 aromatic carbocycles. The van der Waals surface area contributed by atoms with Gasteiger partial charge in [0.1, 0.15) is 5.75 Å². The Balaban J connectivity index is 2.68. The Morgan fingerprint density at radius 2 is 1.87 bits per heavy atom. The average Bonchev–Trinajstić information content (AvgIpc) is 2.15. The number of nitrogens with zero attached hydrogens (tertiary/aromatic N) is 1. The van der Waals surface area contributed by atoms with Crippen LogP contribution in [-0.4, -0.2) is 31.6 Å². The molecule has 0 unspecified atom stereocenters. The van der Waals surface area contributed by atoms with Crippen LogP contribution in [0.2, 0.25) is 0 Å². The summed E-state index contributed by atoms with van der Waals surface area (Å²) in [6.07, 6.45) is 1.28. The number of ether oxygens (including phenoxy) is 1. The van der Waals surface area contributed by atoms with Gasteiger partial charge in [0.2, 0.25) is 0 Å². The van der Waals surface area contributed by atoms with Gasteiger partial charge in [0, 0.05) is 6.54 Å². The van der Waals surface area contributed by atoms with Crippen molar-refractivity contribution in [3.63, 3.8) is 0 Å². The highest BCUT2D eigenvalue weighted by Gasteiger charge is 2.04. The fourth-order valence-electron chi connectivity index (χ4n) is 1.42. The molecule has 0 bridgehead atoms. The zero-order valence-electron chi connectivity index (χ0n) is 10.2. The number of rotatable bonds is 5. The van der Waals surface area contributed by atoms with Crippen molar-refractivity contribution in [2.75, 3.05) is 20.6 Å². The predicted octanol–water partition coefficient (Wildman–Crippen LogP) is 2.58. The van der Waals surface area contributed by atoms with Gasteiger partial charge in [-0.1, -0.05) is 18.2 Å². The maximum Gasteiger partial charge on any atom is 0.122 e.